The fourth-order valence-electron chi connectivity index (χ4n) is 6.26. The maximum atomic E-state index is 13.9. The Balaban J connectivity index is 2.09. The molecule has 0 unspecified atom stereocenters. The molecule has 1 heterocycles. The third-order valence-electron chi connectivity index (χ3n) is 9.89. The molecule has 2 rings (SSSR count). The van der Waals surface area contributed by atoms with Gasteiger partial charge < -0.3 is 57.9 Å². The van der Waals surface area contributed by atoms with Crippen LogP contribution >= 0.6 is 0 Å². The summed E-state index contributed by atoms with van der Waals surface area (Å²) in [5, 5.41) is 43.2. The molecule has 0 radical (unpaired) electrons. The van der Waals surface area contributed by atoms with Gasteiger partial charge in [-0.3, -0.25) is 38.4 Å². The molecule has 0 aliphatic carbocycles. The summed E-state index contributed by atoms with van der Waals surface area (Å²) in [6, 6.07) is -2.64. The lowest BCUT2D eigenvalue weighted by Gasteiger charge is -2.32. The van der Waals surface area contributed by atoms with Gasteiger partial charge in [0.2, 0.25) is 41.4 Å². The van der Waals surface area contributed by atoms with Gasteiger partial charge in [-0.25, -0.2) is 4.79 Å². The van der Waals surface area contributed by atoms with E-state index in [1.165, 1.54) is 43.0 Å². The number of rotatable bonds is 23. The molecule has 0 aromatic heterocycles. The third-order valence-corrected chi connectivity index (χ3v) is 9.89. The van der Waals surface area contributed by atoms with Crippen LogP contribution in [0.15, 0.2) is 24.3 Å². The molecule has 1 saturated heterocycles. The zero-order valence-electron chi connectivity index (χ0n) is 34.4. The van der Waals surface area contributed by atoms with Crippen molar-refractivity contribution >= 4 is 53.3 Å². The highest BCUT2D eigenvalue weighted by atomic mass is 16.4. The fourth-order valence-corrected chi connectivity index (χ4v) is 6.26. The smallest absolute Gasteiger partial charge is 0.326 e. The van der Waals surface area contributed by atoms with E-state index in [0.29, 0.717) is 24.8 Å². The minimum absolute atomic E-state index is 0.0242. The first-order chi connectivity index (χ1) is 27.6. The predicted octanol–water partition coefficient (Wildman–Crippen LogP) is -1.13. The van der Waals surface area contributed by atoms with Gasteiger partial charge in [0.05, 0.1) is 12.6 Å². The molecule has 59 heavy (non-hydrogen) atoms. The summed E-state index contributed by atoms with van der Waals surface area (Å²) in [6.07, 6.45) is 0.463. The lowest BCUT2D eigenvalue weighted by Crippen LogP contribution is -2.59. The molecule has 7 amide bonds. The number of carboxylic acids is 2. The van der Waals surface area contributed by atoms with Crippen molar-refractivity contribution in [3.63, 3.8) is 0 Å². The lowest BCUT2D eigenvalue weighted by molar-refractivity contribution is -0.143. The average molecular weight is 833 g/mol. The molecule has 8 atom stereocenters. The second-order valence-corrected chi connectivity index (χ2v) is 15.3. The van der Waals surface area contributed by atoms with Crippen molar-refractivity contribution in [2.24, 2.45) is 17.6 Å². The monoisotopic (exact) mass is 832 g/mol. The van der Waals surface area contributed by atoms with Gasteiger partial charge in [-0.1, -0.05) is 46.2 Å². The first-order valence-electron chi connectivity index (χ1n) is 19.7. The molecule has 0 spiro atoms. The number of nitrogens with two attached hydrogens (primary N) is 1. The van der Waals surface area contributed by atoms with Gasteiger partial charge in [0.15, 0.2) is 0 Å². The lowest BCUT2D eigenvalue weighted by atomic mass is 9.97. The summed E-state index contributed by atoms with van der Waals surface area (Å²) in [5.74, 6) is -7.93. The van der Waals surface area contributed by atoms with Gasteiger partial charge in [0, 0.05) is 19.4 Å². The summed E-state index contributed by atoms with van der Waals surface area (Å²) in [4.78, 5) is 117. The Kier molecular flexibility index (Phi) is 19.7. The highest BCUT2D eigenvalue weighted by Crippen LogP contribution is 2.22. The first kappa shape index (κ1) is 49.4. The minimum Gasteiger partial charge on any atom is -0.508 e. The number of carbonyl (C=O) groups is 9. The number of hydrogen-bond donors (Lipinski definition) is 10. The van der Waals surface area contributed by atoms with Crippen LogP contribution in [0.3, 0.4) is 0 Å². The Labute approximate surface area is 343 Å². The zero-order valence-corrected chi connectivity index (χ0v) is 34.4. The summed E-state index contributed by atoms with van der Waals surface area (Å²) in [6.45, 7) is 9.67. The zero-order chi connectivity index (χ0) is 44.6. The molecule has 20 nitrogen and oxygen atoms in total. The van der Waals surface area contributed by atoms with Crippen molar-refractivity contribution in [2.75, 3.05) is 13.1 Å². The molecular weight excluding hydrogens is 772 g/mol. The molecule has 1 aliphatic heterocycles. The molecule has 1 aromatic rings. The molecule has 1 aliphatic rings. The van der Waals surface area contributed by atoms with E-state index in [4.69, 9.17) is 5.73 Å². The standard InChI is InChI=1S/C39H60N8O12/c1-7-21(4)32(46-30(49)19-41-35(54)26(40)17-20(2)3)38(57)47-16-8-9-29(47)37(56)44-27(14-15-31(50)51)36(55)43-22(5)33(52)42-23(6)34(53)45-28(39(58)59)18-24-10-12-25(48)13-11-24/h10-13,20-23,26-29,32,48H,7-9,14-19,40H2,1-6H3,(H,41,54)(H,42,52)(H,43,55)(H,44,56)(H,45,53)(H,46,49)(H,50,51)(H,58,59)/t21-,22-,23-,26-,27-,28-,29-,32-/m0/s1. The van der Waals surface area contributed by atoms with E-state index in [-0.39, 0.29) is 43.4 Å². The van der Waals surface area contributed by atoms with Gasteiger partial charge in [0.25, 0.3) is 0 Å². The van der Waals surface area contributed by atoms with Crippen molar-refractivity contribution in [3.8, 4) is 5.75 Å². The van der Waals surface area contributed by atoms with Crippen LogP contribution in [0.25, 0.3) is 0 Å². The van der Waals surface area contributed by atoms with Crippen LogP contribution in [0.1, 0.15) is 85.6 Å². The van der Waals surface area contributed by atoms with Gasteiger partial charge in [-0.2, -0.15) is 0 Å². The fraction of sp³-hybridized carbons (Fsp3) is 0.615. The van der Waals surface area contributed by atoms with Crippen LogP contribution in [-0.4, -0.2) is 129 Å². The predicted molar refractivity (Wildman–Crippen MR) is 212 cm³/mol. The van der Waals surface area contributed by atoms with Crippen molar-refractivity contribution in [2.45, 2.75) is 129 Å². The van der Waals surface area contributed by atoms with Crippen LogP contribution in [0.2, 0.25) is 0 Å². The summed E-state index contributed by atoms with van der Waals surface area (Å²) >= 11 is 0. The normalized spacial score (nSPS) is 17.2. The number of carboxylic acid groups (broad SMARTS) is 2. The van der Waals surface area contributed by atoms with E-state index in [2.05, 4.69) is 31.9 Å². The van der Waals surface area contributed by atoms with Crippen LogP contribution < -0.4 is 37.6 Å². The SMILES string of the molecule is CC[C@H](C)[C@H](NC(=O)CNC(=O)[C@@H](N)CC(C)C)C(=O)N1CCC[C@H]1C(=O)N[C@@H](CCC(=O)O)C(=O)N[C@@H](C)C(=O)N[C@@H](C)C(=O)N[C@@H](Cc1ccc(O)cc1)C(=O)O. The molecule has 1 aromatic carbocycles. The number of carbonyl (C=O) groups excluding carboxylic acids is 7. The van der Waals surface area contributed by atoms with Crippen molar-refractivity contribution < 1.29 is 58.5 Å². The number of likely N-dealkylation sites (tertiary alicyclic amines) is 1. The van der Waals surface area contributed by atoms with Crippen LogP contribution in [0.5, 0.6) is 5.75 Å². The Morgan fingerprint density at radius 3 is 1.95 bits per heavy atom. The van der Waals surface area contributed by atoms with E-state index in [9.17, 15) is 58.5 Å². The minimum atomic E-state index is -1.46. The Morgan fingerprint density at radius 1 is 0.797 bits per heavy atom. The molecule has 328 valence electrons. The number of phenolic OH excluding ortho intramolecular Hbond substituents is 1. The summed E-state index contributed by atoms with van der Waals surface area (Å²) < 4.78 is 0. The highest BCUT2D eigenvalue weighted by molar-refractivity contribution is 5.97. The molecule has 20 heteroatoms. The largest absolute Gasteiger partial charge is 0.508 e. The van der Waals surface area contributed by atoms with E-state index < -0.39 is 109 Å². The number of aliphatic carboxylic acids is 2. The molecular formula is C39H60N8O12. The first-order valence-corrected chi connectivity index (χ1v) is 19.7. The topological polar surface area (TPSA) is 316 Å². The van der Waals surface area contributed by atoms with Crippen LogP contribution in [-0.2, 0) is 49.6 Å². The highest BCUT2D eigenvalue weighted by Gasteiger charge is 2.40. The molecule has 0 bridgehead atoms. The van der Waals surface area contributed by atoms with Crippen LogP contribution in [0.4, 0.5) is 0 Å². The number of benzene rings is 1. The van der Waals surface area contributed by atoms with Gasteiger partial charge in [-0.15, -0.1) is 0 Å². The number of phenols is 1. The van der Waals surface area contributed by atoms with Gasteiger partial charge >= 0.3 is 11.9 Å². The third kappa shape index (κ3) is 16.2. The quantitative estimate of drug-likeness (QED) is 0.0626. The van der Waals surface area contributed by atoms with Crippen molar-refractivity contribution in [3.05, 3.63) is 29.8 Å². The molecule has 0 saturated carbocycles. The summed E-state index contributed by atoms with van der Waals surface area (Å²) in [5.41, 5.74) is 6.41. The Bertz CT molecular complexity index is 1670. The maximum Gasteiger partial charge on any atom is 0.326 e. The van der Waals surface area contributed by atoms with Crippen molar-refractivity contribution in [1.82, 2.24) is 36.8 Å². The second-order valence-electron chi connectivity index (χ2n) is 15.3. The number of amides is 7. The Morgan fingerprint density at radius 2 is 1.39 bits per heavy atom. The molecule has 1 fully saturated rings. The number of hydrogen-bond acceptors (Lipinski definition) is 11. The van der Waals surface area contributed by atoms with Crippen molar-refractivity contribution in [1.29, 1.82) is 0 Å². The van der Waals surface area contributed by atoms with E-state index in [1.54, 1.807) is 6.92 Å². The second kappa shape index (κ2) is 23.6. The van der Waals surface area contributed by atoms with E-state index in [0.717, 1.165) is 0 Å². The van der Waals surface area contributed by atoms with Gasteiger partial charge in [-0.05, 0) is 69.1 Å². The van der Waals surface area contributed by atoms with Crippen LogP contribution in [0, 0.1) is 11.8 Å². The van der Waals surface area contributed by atoms with E-state index >= 15 is 0 Å². The Hall–Kier alpha value is -5.79. The molecule has 11 N–H and O–H groups in total. The number of nitrogens with one attached hydrogen (secondary N) is 6. The van der Waals surface area contributed by atoms with Gasteiger partial charge in [0.1, 0.15) is 42.0 Å². The summed E-state index contributed by atoms with van der Waals surface area (Å²) in [7, 11) is 0. The average Bonchev–Trinajstić information content (AvgIpc) is 3.67. The van der Waals surface area contributed by atoms with E-state index in [1.807, 2.05) is 20.8 Å². The number of nitrogens with zero attached hydrogens (tertiary/aromatic N) is 1. The maximum absolute atomic E-state index is 13.9. The number of aromatic hydroxyl groups is 1.